The highest BCUT2D eigenvalue weighted by Crippen LogP contribution is 2.33. The van der Waals surface area contributed by atoms with Crippen molar-refractivity contribution in [3.8, 4) is 10.6 Å². The van der Waals surface area contributed by atoms with Crippen molar-refractivity contribution < 1.29 is 18.3 Å². The molecular weight excluding hydrogens is 347 g/mol. The van der Waals surface area contributed by atoms with Gasteiger partial charge in [-0.1, -0.05) is 42.5 Å². The van der Waals surface area contributed by atoms with Crippen LogP contribution >= 0.6 is 11.3 Å². The van der Waals surface area contributed by atoms with Gasteiger partial charge in [-0.25, -0.2) is 4.98 Å². The smallest absolute Gasteiger partial charge is 0.391 e. The van der Waals surface area contributed by atoms with Crippen molar-refractivity contribution in [3.63, 3.8) is 0 Å². The van der Waals surface area contributed by atoms with Gasteiger partial charge in [0.2, 0.25) is 0 Å². The molecule has 0 aliphatic rings. The first-order valence-electron chi connectivity index (χ1n) is 7.78. The first kappa shape index (κ1) is 17.6. The lowest BCUT2D eigenvalue weighted by molar-refractivity contribution is -0.137. The molecule has 0 atom stereocenters. The summed E-state index contributed by atoms with van der Waals surface area (Å²) in [5.41, 5.74) is 1.92. The number of rotatable bonds is 5. The molecule has 0 bridgehead atoms. The second-order valence-corrected chi connectivity index (χ2v) is 6.69. The number of halogens is 3. The molecular formula is C19H16F3NOS. The second-order valence-electron chi connectivity index (χ2n) is 5.61. The Labute approximate surface area is 147 Å². The van der Waals surface area contributed by atoms with Gasteiger partial charge in [-0.05, 0) is 30.5 Å². The lowest BCUT2D eigenvalue weighted by atomic mass is 10.1. The van der Waals surface area contributed by atoms with Crippen molar-refractivity contribution in [3.05, 3.63) is 76.3 Å². The van der Waals surface area contributed by atoms with Gasteiger partial charge in [-0.15, -0.1) is 11.3 Å². The summed E-state index contributed by atoms with van der Waals surface area (Å²) in [5.74, 6) is 0. The highest BCUT2D eigenvalue weighted by molar-refractivity contribution is 7.15. The van der Waals surface area contributed by atoms with E-state index in [9.17, 15) is 18.3 Å². The van der Waals surface area contributed by atoms with Gasteiger partial charge in [0.1, 0.15) is 5.01 Å². The Bertz CT molecular complexity index is 826. The molecule has 0 amide bonds. The number of aliphatic hydroxyl groups is 1. The number of aromatic nitrogens is 1. The van der Waals surface area contributed by atoms with E-state index >= 15 is 0 Å². The Kier molecular flexibility index (Phi) is 5.20. The third kappa shape index (κ3) is 4.27. The summed E-state index contributed by atoms with van der Waals surface area (Å²) in [6.07, 6.45) is -2.88. The summed E-state index contributed by atoms with van der Waals surface area (Å²) in [7, 11) is 0. The van der Waals surface area contributed by atoms with Crippen molar-refractivity contribution in [1.82, 2.24) is 4.98 Å². The van der Waals surface area contributed by atoms with E-state index in [4.69, 9.17) is 0 Å². The molecule has 0 aliphatic carbocycles. The standard InChI is InChI=1S/C19H16F3NOS/c20-19(21,22)15-9-7-14(8-10-15)18-23-16(17(12-24)25-18)11-6-13-4-2-1-3-5-13/h1-5,7-10,24H,6,11-12H2. The second kappa shape index (κ2) is 7.37. The van der Waals surface area contributed by atoms with E-state index in [1.54, 1.807) is 0 Å². The number of nitrogens with zero attached hydrogens (tertiary/aromatic N) is 1. The van der Waals surface area contributed by atoms with Crippen LogP contribution in [-0.4, -0.2) is 10.1 Å². The molecule has 25 heavy (non-hydrogen) atoms. The van der Waals surface area contributed by atoms with Crippen LogP contribution in [0.5, 0.6) is 0 Å². The fraction of sp³-hybridized carbons (Fsp3) is 0.211. The number of aryl methyl sites for hydroxylation is 2. The van der Waals surface area contributed by atoms with Crippen LogP contribution < -0.4 is 0 Å². The summed E-state index contributed by atoms with van der Waals surface area (Å²) >= 11 is 1.32. The molecule has 2 nitrogen and oxygen atoms in total. The molecule has 3 aromatic rings. The minimum absolute atomic E-state index is 0.123. The van der Waals surface area contributed by atoms with Crippen LogP contribution in [0.3, 0.4) is 0 Å². The molecule has 1 aromatic heterocycles. The molecule has 0 aliphatic heterocycles. The third-order valence-electron chi connectivity index (χ3n) is 3.87. The molecule has 6 heteroatoms. The largest absolute Gasteiger partial charge is 0.416 e. The summed E-state index contributed by atoms with van der Waals surface area (Å²) in [5, 5.41) is 10.2. The fourth-order valence-electron chi connectivity index (χ4n) is 2.53. The lowest BCUT2D eigenvalue weighted by Crippen LogP contribution is -2.03. The highest BCUT2D eigenvalue weighted by Gasteiger charge is 2.30. The van der Waals surface area contributed by atoms with Crippen molar-refractivity contribution >= 4 is 11.3 Å². The maximum absolute atomic E-state index is 12.7. The average Bonchev–Trinajstić information content (AvgIpc) is 3.03. The SMILES string of the molecule is OCc1sc(-c2ccc(C(F)(F)F)cc2)nc1CCc1ccccc1. The first-order chi connectivity index (χ1) is 12.0. The third-order valence-corrected chi connectivity index (χ3v) is 5.01. The summed E-state index contributed by atoms with van der Waals surface area (Å²) < 4.78 is 38.0. The van der Waals surface area contributed by atoms with Crippen LogP contribution in [0.25, 0.3) is 10.6 Å². The van der Waals surface area contributed by atoms with E-state index in [1.165, 1.54) is 29.0 Å². The average molecular weight is 363 g/mol. The predicted octanol–water partition coefficient (Wildman–Crippen LogP) is 5.11. The predicted molar refractivity (Wildman–Crippen MR) is 92.3 cm³/mol. The number of alkyl halides is 3. The van der Waals surface area contributed by atoms with E-state index < -0.39 is 11.7 Å². The highest BCUT2D eigenvalue weighted by atomic mass is 32.1. The van der Waals surface area contributed by atoms with Gasteiger partial charge in [-0.2, -0.15) is 13.2 Å². The molecule has 0 fully saturated rings. The fourth-order valence-corrected chi connectivity index (χ4v) is 3.51. The summed E-state index contributed by atoms with van der Waals surface area (Å²) in [6, 6.07) is 14.9. The zero-order chi connectivity index (χ0) is 17.9. The Morgan fingerprint density at radius 3 is 2.20 bits per heavy atom. The number of benzene rings is 2. The quantitative estimate of drug-likeness (QED) is 0.684. The van der Waals surface area contributed by atoms with Crippen LogP contribution in [0.2, 0.25) is 0 Å². The van der Waals surface area contributed by atoms with E-state index in [0.717, 1.165) is 29.1 Å². The first-order valence-corrected chi connectivity index (χ1v) is 8.60. The molecule has 0 saturated heterocycles. The van der Waals surface area contributed by atoms with Gasteiger partial charge in [-0.3, -0.25) is 0 Å². The Morgan fingerprint density at radius 1 is 0.920 bits per heavy atom. The molecule has 0 radical (unpaired) electrons. The van der Waals surface area contributed by atoms with E-state index in [-0.39, 0.29) is 6.61 Å². The Hall–Kier alpha value is -2.18. The van der Waals surface area contributed by atoms with Crippen LogP contribution in [-0.2, 0) is 25.6 Å². The van der Waals surface area contributed by atoms with Crippen LogP contribution in [0.15, 0.2) is 54.6 Å². The number of thiazole rings is 1. The van der Waals surface area contributed by atoms with Crippen molar-refractivity contribution in [2.75, 3.05) is 0 Å². The zero-order valence-corrected chi connectivity index (χ0v) is 14.1. The summed E-state index contributed by atoms with van der Waals surface area (Å²) in [4.78, 5) is 5.29. The van der Waals surface area contributed by atoms with E-state index in [0.29, 0.717) is 17.0 Å². The van der Waals surface area contributed by atoms with Gasteiger partial charge < -0.3 is 5.11 Å². The minimum atomic E-state index is -4.35. The van der Waals surface area contributed by atoms with Crippen LogP contribution in [0.1, 0.15) is 21.7 Å². The van der Waals surface area contributed by atoms with Gasteiger partial charge in [0.25, 0.3) is 0 Å². The number of hydrogen-bond donors (Lipinski definition) is 1. The van der Waals surface area contributed by atoms with Gasteiger partial charge in [0.05, 0.1) is 22.7 Å². The van der Waals surface area contributed by atoms with E-state index in [2.05, 4.69) is 4.98 Å². The number of hydrogen-bond acceptors (Lipinski definition) is 3. The Balaban J connectivity index is 1.80. The zero-order valence-electron chi connectivity index (χ0n) is 13.3. The molecule has 1 heterocycles. The van der Waals surface area contributed by atoms with E-state index in [1.807, 2.05) is 30.3 Å². The minimum Gasteiger partial charge on any atom is -0.391 e. The van der Waals surface area contributed by atoms with Crippen molar-refractivity contribution in [1.29, 1.82) is 0 Å². The molecule has 1 N–H and O–H groups in total. The summed E-state index contributed by atoms with van der Waals surface area (Å²) in [6.45, 7) is -0.123. The molecule has 0 spiro atoms. The van der Waals surface area contributed by atoms with Crippen LogP contribution in [0.4, 0.5) is 13.2 Å². The molecule has 2 aromatic carbocycles. The van der Waals surface area contributed by atoms with Crippen molar-refractivity contribution in [2.45, 2.75) is 25.6 Å². The number of aliphatic hydroxyl groups excluding tert-OH is 1. The Morgan fingerprint density at radius 2 is 1.60 bits per heavy atom. The van der Waals surface area contributed by atoms with Gasteiger partial charge in [0.15, 0.2) is 0 Å². The maximum Gasteiger partial charge on any atom is 0.416 e. The van der Waals surface area contributed by atoms with Gasteiger partial charge in [0, 0.05) is 5.56 Å². The molecule has 0 unspecified atom stereocenters. The van der Waals surface area contributed by atoms with Gasteiger partial charge >= 0.3 is 6.18 Å². The monoisotopic (exact) mass is 363 g/mol. The normalized spacial score (nSPS) is 11.7. The molecule has 130 valence electrons. The topological polar surface area (TPSA) is 33.1 Å². The van der Waals surface area contributed by atoms with Crippen LogP contribution in [0, 0.1) is 0 Å². The molecule has 0 saturated carbocycles. The lowest BCUT2D eigenvalue weighted by Gasteiger charge is -2.06. The maximum atomic E-state index is 12.7. The van der Waals surface area contributed by atoms with Crippen molar-refractivity contribution in [2.24, 2.45) is 0 Å². The molecule has 3 rings (SSSR count).